The molecule has 0 spiro atoms. The molecule has 134 valence electrons. The molecule has 2 aromatic rings. The van der Waals surface area contributed by atoms with Gasteiger partial charge in [0.05, 0.1) is 20.6 Å². The lowest BCUT2D eigenvalue weighted by Crippen LogP contribution is -2.31. The topological polar surface area (TPSA) is 103 Å². The minimum Gasteiger partial charge on any atom is -0.493 e. The van der Waals surface area contributed by atoms with Crippen molar-refractivity contribution in [1.29, 1.82) is 0 Å². The first-order valence-corrected chi connectivity index (χ1v) is 7.66. The van der Waals surface area contributed by atoms with Crippen molar-refractivity contribution in [2.75, 3.05) is 14.2 Å². The molecule has 0 saturated carbocycles. The Balaban J connectivity index is 2.34. The van der Waals surface area contributed by atoms with E-state index in [0.29, 0.717) is 17.3 Å². The molecule has 0 fully saturated rings. The summed E-state index contributed by atoms with van der Waals surface area (Å²) >= 11 is 0. The second-order valence-corrected chi connectivity index (χ2v) is 5.41. The molecule has 0 saturated heterocycles. The number of carbonyl (C=O) groups excluding carboxylic acids is 1. The van der Waals surface area contributed by atoms with Crippen molar-refractivity contribution in [3.63, 3.8) is 0 Å². The lowest BCUT2D eigenvalue weighted by Gasteiger charge is -2.20. The maximum absolute atomic E-state index is 12.1. The molecule has 0 radical (unpaired) electrons. The monoisotopic (exact) mass is 347 g/mol. The summed E-state index contributed by atoms with van der Waals surface area (Å²) in [5.74, 6) is 0.330. The quantitative estimate of drug-likeness (QED) is 0.750. The summed E-state index contributed by atoms with van der Waals surface area (Å²) in [4.78, 5) is 27.1. The standard InChI is InChI=1S/C17H21N3O5/c1-20-9-8-18-17(20)16(19-14(21)6-7-15(22)23)11-4-5-12(24-2)13(10-11)25-3/h4-5,8-10,16H,6-7H2,1-3H3,(H,19,21)(H,22,23). The first kappa shape index (κ1) is 18.3. The summed E-state index contributed by atoms with van der Waals surface area (Å²) in [5.41, 5.74) is 0.746. The van der Waals surface area contributed by atoms with E-state index in [1.807, 2.05) is 7.05 Å². The van der Waals surface area contributed by atoms with Gasteiger partial charge < -0.3 is 24.5 Å². The Bertz CT molecular complexity index is 756. The van der Waals surface area contributed by atoms with Crippen LogP contribution in [0.2, 0.25) is 0 Å². The number of nitrogens with one attached hydrogen (secondary N) is 1. The third kappa shape index (κ3) is 4.50. The van der Waals surface area contributed by atoms with E-state index in [0.717, 1.165) is 5.56 Å². The first-order chi connectivity index (χ1) is 12.0. The number of rotatable bonds is 8. The van der Waals surface area contributed by atoms with Gasteiger partial charge in [-0.15, -0.1) is 0 Å². The van der Waals surface area contributed by atoms with Gasteiger partial charge >= 0.3 is 5.97 Å². The van der Waals surface area contributed by atoms with Crippen LogP contribution in [0.15, 0.2) is 30.6 Å². The largest absolute Gasteiger partial charge is 0.493 e. The average molecular weight is 347 g/mol. The normalized spacial score (nSPS) is 11.6. The summed E-state index contributed by atoms with van der Waals surface area (Å²) < 4.78 is 12.3. The number of hydrogen-bond donors (Lipinski definition) is 2. The van der Waals surface area contributed by atoms with Crippen LogP contribution < -0.4 is 14.8 Å². The maximum atomic E-state index is 12.1. The molecule has 1 aromatic carbocycles. The molecule has 0 bridgehead atoms. The van der Waals surface area contributed by atoms with Crippen molar-refractivity contribution in [3.8, 4) is 11.5 Å². The summed E-state index contributed by atoms with van der Waals surface area (Å²) in [6.07, 6.45) is 3.06. The Labute approximate surface area is 145 Å². The van der Waals surface area contributed by atoms with Crippen LogP contribution in [0.5, 0.6) is 11.5 Å². The zero-order chi connectivity index (χ0) is 18.4. The predicted octanol–water partition coefficient (Wildman–Crippen LogP) is 1.51. The van der Waals surface area contributed by atoms with Gasteiger partial charge in [0.1, 0.15) is 11.9 Å². The average Bonchev–Trinajstić information content (AvgIpc) is 3.03. The van der Waals surface area contributed by atoms with E-state index >= 15 is 0 Å². The number of aryl methyl sites for hydroxylation is 1. The second kappa shape index (κ2) is 8.18. The number of benzene rings is 1. The zero-order valence-corrected chi connectivity index (χ0v) is 14.4. The zero-order valence-electron chi connectivity index (χ0n) is 14.4. The molecule has 1 heterocycles. The summed E-state index contributed by atoms with van der Waals surface area (Å²) in [6.45, 7) is 0. The number of aromatic nitrogens is 2. The summed E-state index contributed by atoms with van der Waals surface area (Å²) in [5, 5.41) is 11.6. The smallest absolute Gasteiger partial charge is 0.303 e. The third-order valence-corrected chi connectivity index (χ3v) is 3.73. The van der Waals surface area contributed by atoms with Crippen LogP contribution in [-0.4, -0.2) is 40.8 Å². The number of imidazole rings is 1. The molecule has 8 nitrogen and oxygen atoms in total. The van der Waals surface area contributed by atoms with Gasteiger partial charge in [0, 0.05) is 25.9 Å². The van der Waals surface area contributed by atoms with Crippen molar-refractivity contribution in [2.24, 2.45) is 7.05 Å². The Morgan fingerprint density at radius 2 is 1.96 bits per heavy atom. The number of carbonyl (C=O) groups is 2. The molecular formula is C17H21N3O5. The molecule has 2 N–H and O–H groups in total. The van der Waals surface area contributed by atoms with Crippen molar-refractivity contribution in [3.05, 3.63) is 42.0 Å². The Kier molecular flexibility index (Phi) is 5.99. The molecule has 0 aliphatic heterocycles. The molecule has 1 unspecified atom stereocenters. The lowest BCUT2D eigenvalue weighted by molar-refractivity contribution is -0.138. The highest BCUT2D eigenvalue weighted by molar-refractivity contribution is 5.81. The van der Waals surface area contributed by atoms with Crippen LogP contribution in [0.25, 0.3) is 0 Å². The van der Waals surface area contributed by atoms with Gasteiger partial charge in [-0.3, -0.25) is 9.59 Å². The van der Waals surface area contributed by atoms with Crippen molar-refractivity contribution in [2.45, 2.75) is 18.9 Å². The molecule has 1 amide bonds. The minimum absolute atomic E-state index is 0.108. The van der Waals surface area contributed by atoms with Crippen molar-refractivity contribution < 1.29 is 24.2 Å². The van der Waals surface area contributed by atoms with Gasteiger partial charge in [-0.25, -0.2) is 4.98 Å². The molecule has 1 aromatic heterocycles. The lowest BCUT2D eigenvalue weighted by atomic mass is 10.0. The number of nitrogens with zero attached hydrogens (tertiary/aromatic N) is 2. The van der Waals surface area contributed by atoms with E-state index in [1.54, 1.807) is 42.3 Å². The third-order valence-electron chi connectivity index (χ3n) is 3.73. The van der Waals surface area contributed by atoms with E-state index in [-0.39, 0.29) is 18.7 Å². The van der Waals surface area contributed by atoms with Crippen LogP contribution in [0.4, 0.5) is 0 Å². The summed E-state index contributed by atoms with van der Waals surface area (Å²) in [7, 11) is 4.89. The maximum Gasteiger partial charge on any atom is 0.303 e. The SMILES string of the molecule is COc1ccc(C(NC(=O)CCC(=O)O)c2nccn2C)cc1OC. The fraction of sp³-hybridized carbons (Fsp3) is 0.353. The molecule has 0 aliphatic rings. The summed E-state index contributed by atoms with van der Waals surface area (Å²) in [6, 6.07) is 4.77. The minimum atomic E-state index is -1.02. The van der Waals surface area contributed by atoms with E-state index in [9.17, 15) is 9.59 Å². The van der Waals surface area contributed by atoms with Crippen LogP contribution in [0.1, 0.15) is 30.3 Å². The Hall–Kier alpha value is -3.03. The Morgan fingerprint density at radius 3 is 2.52 bits per heavy atom. The fourth-order valence-electron chi connectivity index (χ4n) is 2.44. The number of aliphatic carboxylic acids is 1. The highest BCUT2D eigenvalue weighted by Crippen LogP contribution is 2.31. The highest BCUT2D eigenvalue weighted by Gasteiger charge is 2.22. The van der Waals surface area contributed by atoms with Crippen LogP contribution >= 0.6 is 0 Å². The van der Waals surface area contributed by atoms with Gasteiger partial charge in [-0.2, -0.15) is 0 Å². The molecule has 0 aliphatic carbocycles. The molecular weight excluding hydrogens is 326 g/mol. The Morgan fingerprint density at radius 1 is 1.24 bits per heavy atom. The van der Waals surface area contributed by atoms with Gasteiger partial charge in [-0.05, 0) is 17.7 Å². The van der Waals surface area contributed by atoms with Crippen LogP contribution in [0.3, 0.4) is 0 Å². The van der Waals surface area contributed by atoms with Gasteiger partial charge in [-0.1, -0.05) is 6.07 Å². The number of ether oxygens (including phenoxy) is 2. The molecule has 1 atom stereocenters. The number of methoxy groups -OCH3 is 2. The van der Waals surface area contributed by atoms with Crippen molar-refractivity contribution >= 4 is 11.9 Å². The van der Waals surface area contributed by atoms with Crippen LogP contribution in [-0.2, 0) is 16.6 Å². The number of carboxylic acid groups (broad SMARTS) is 1. The number of carboxylic acids is 1. The van der Waals surface area contributed by atoms with E-state index in [4.69, 9.17) is 14.6 Å². The number of amides is 1. The molecule has 8 heteroatoms. The molecule has 25 heavy (non-hydrogen) atoms. The van der Waals surface area contributed by atoms with Gasteiger partial charge in [0.2, 0.25) is 5.91 Å². The van der Waals surface area contributed by atoms with E-state index in [2.05, 4.69) is 10.3 Å². The van der Waals surface area contributed by atoms with E-state index < -0.39 is 12.0 Å². The number of hydrogen-bond acceptors (Lipinski definition) is 5. The van der Waals surface area contributed by atoms with E-state index in [1.165, 1.54) is 7.11 Å². The first-order valence-electron chi connectivity index (χ1n) is 7.66. The second-order valence-electron chi connectivity index (χ2n) is 5.41. The fourth-order valence-corrected chi connectivity index (χ4v) is 2.44. The van der Waals surface area contributed by atoms with Crippen molar-refractivity contribution in [1.82, 2.24) is 14.9 Å². The van der Waals surface area contributed by atoms with Gasteiger partial charge in [0.25, 0.3) is 0 Å². The predicted molar refractivity (Wildman–Crippen MR) is 89.6 cm³/mol. The highest BCUT2D eigenvalue weighted by atomic mass is 16.5. The van der Waals surface area contributed by atoms with Crippen LogP contribution in [0, 0.1) is 0 Å². The van der Waals surface area contributed by atoms with Gasteiger partial charge in [0.15, 0.2) is 11.5 Å². The molecule has 2 rings (SSSR count).